The largest absolute Gasteiger partial charge is 0.275 e. The number of aromatic nitrogens is 3. The molecular weight excluding hydrogens is 437 g/mol. The van der Waals surface area contributed by atoms with Gasteiger partial charge in [-0.15, -0.1) is 0 Å². The molecule has 0 bridgehead atoms. The summed E-state index contributed by atoms with van der Waals surface area (Å²) in [4.78, 5) is 22.1. The zero-order valence-electron chi connectivity index (χ0n) is 17.2. The predicted molar refractivity (Wildman–Crippen MR) is 131 cm³/mol. The lowest BCUT2D eigenvalue weighted by atomic mass is 10.0. The van der Waals surface area contributed by atoms with Gasteiger partial charge < -0.3 is 0 Å². The van der Waals surface area contributed by atoms with E-state index in [1.165, 1.54) is 28.8 Å². The maximum atomic E-state index is 13.7. The van der Waals surface area contributed by atoms with E-state index in [2.05, 4.69) is 16.0 Å². The zero-order chi connectivity index (χ0) is 22.5. The number of para-hydroxylation sites is 1. The molecule has 0 atom stereocenters. The summed E-state index contributed by atoms with van der Waals surface area (Å²) < 4.78 is 15.2. The van der Waals surface area contributed by atoms with Crippen LogP contribution in [-0.2, 0) is 0 Å². The van der Waals surface area contributed by atoms with Crippen molar-refractivity contribution in [1.29, 1.82) is 0 Å². The molecule has 3 heterocycles. The Balaban J connectivity index is 1.67. The van der Waals surface area contributed by atoms with Crippen LogP contribution in [0.4, 0.5) is 4.39 Å². The van der Waals surface area contributed by atoms with Gasteiger partial charge in [0.2, 0.25) is 0 Å². The second kappa shape index (κ2) is 7.50. The van der Waals surface area contributed by atoms with Crippen LogP contribution in [0.25, 0.3) is 49.5 Å². The fourth-order valence-electron chi connectivity index (χ4n) is 4.22. The van der Waals surface area contributed by atoms with Crippen LogP contribution in [0.2, 0.25) is 5.02 Å². The molecule has 3 aromatic heterocycles. The Morgan fingerprint density at radius 1 is 0.758 bits per heavy atom. The molecule has 4 nitrogen and oxygen atoms in total. The first-order valence-corrected chi connectivity index (χ1v) is 10.7. The van der Waals surface area contributed by atoms with Crippen LogP contribution >= 0.6 is 11.6 Å². The highest BCUT2D eigenvalue weighted by atomic mass is 35.5. The molecule has 158 valence electrons. The van der Waals surface area contributed by atoms with E-state index in [1.54, 1.807) is 12.3 Å². The molecule has 0 N–H and O–H groups in total. The lowest BCUT2D eigenvalue weighted by Gasteiger charge is -2.14. The summed E-state index contributed by atoms with van der Waals surface area (Å²) in [7, 11) is 0. The van der Waals surface area contributed by atoms with Crippen molar-refractivity contribution < 1.29 is 4.39 Å². The van der Waals surface area contributed by atoms with Crippen LogP contribution in [0.3, 0.4) is 0 Å². The number of hydrogen-bond donors (Lipinski definition) is 0. The summed E-state index contributed by atoms with van der Waals surface area (Å²) >= 11 is 6.35. The number of fused-ring (bicyclic) bond motifs is 4. The van der Waals surface area contributed by atoms with Crippen LogP contribution < -0.4 is 5.56 Å². The second-order valence-electron chi connectivity index (χ2n) is 7.81. The Kier molecular flexibility index (Phi) is 4.45. The summed E-state index contributed by atoms with van der Waals surface area (Å²) in [5.41, 5.74) is 4.38. The quantitative estimate of drug-likeness (QED) is 0.280. The van der Waals surface area contributed by atoms with Crippen LogP contribution in [0.1, 0.15) is 0 Å². The highest BCUT2D eigenvalue weighted by Gasteiger charge is 2.14. The van der Waals surface area contributed by atoms with Crippen molar-refractivity contribution in [2.75, 3.05) is 0 Å². The number of hydrogen-bond acceptors (Lipinski definition) is 3. The predicted octanol–water partition coefficient (Wildman–Crippen LogP) is 6.55. The van der Waals surface area contributed by atoms with E-state index in [0.717, 1.165) is 38.3 Å². The van der Waals surface area contributed by atoms with Crippen molar-refractivity contribution in [1.82, 2.24) is 14.5 Å². The number of rotatable bonds is 2. The molecule has 6 rings (SSSR count). The van der Waals surface area contributed by atoms with E-state index >= 15 is 0 Å². The average molecular weight is 452 g/mol. The molecular formula is C27H15ClFN3O. The molecule has 6 aromatic rings. The fraction of sp³-hybridized carbons (Fsp3) is 0. The Morgan fingerprint density at radius 3 is 2.48 bits per heavy atom. The molecule has 0 amide bonds. The van der Waals surface area contributed by atoms with Gasteiger partial charge in [-0.05, 0) is 54.1 Å². The molecule has 0 radical (unpaired) electrons. The fourth-order valence-corrected chi connectivity index (χ4v) is 4.47. The smallest absolute Gasteiger partial charge is 0.255 e. The summed E-state index contributed by atoms with van der Waals surface area (Å²) in [6.45, 7) is 0. The van der Waals surface area contributed by atoms with Crippen molar-refractivity contribution in [3.63, 3.8) is 0 Å². The van der Waals surface area contributed by atoms with Crippen molar-refractivity contribution in [2.24, 2.45) is 0 Å². The lowest BCUT2D eigenvalue weighted by molar-refractivity contribution is 0.627. The van der Waals surface area contributed by atoms with E-state index < -0.39 is 5.82 Å². The SMILES string of the molecule is O=c1ccc2cnc3ccc(-c4cnc5ccccc5c4)cc3c2n1-c1ccc(F)cc1Cl. The third kappa shape index (κ3) is 3.25. The van der Waals surface area contributed by atoms with E-state index in [0.29, 0.717) is 11.2 Å². The Morgan fingerprint density at radius 2 is 1.61 bits per heavy atom. The highest BCUT2D eigenvalue weighted by molar-refractivity contribution is 6.32. The van der Waals surface area contributed by atoms with Crippen molar-refractivity contribution >= 4 is 44.3 Å². The van der Waals surface area contributed by atoms with Crippen molar-refractivity contribution in [2.45, 2.75) is 0 Å². The molecule has 3 aromatic carbocycles. The van der Waals surface area contributed by atoms with Crippen LogP contribution in [0.15, 0.2) is 96.1 Å². The first-order chi connectivity index (χ1) is 16.1. The minimum Gasteiger partial charge on any atom is -0.275 e. The molecule has 33 heavy (non-hydrogen) atoms. The molecule has 0 aliphatic rings. The van der Waals surface area contributed by atoms with Gasteiger partial charge in [-0.1, -0.05) is 35.9 Å². The Labute approximate surface area is 192 Å². The monoisotopic (exact) mass is 451 g/mol. The first kappa shape index (κ1) is 19.6. The van der Waals surface area contributed by atoms with E-state index in [4.69, 9.17) is 11.6 Å². The average Bonchev–Trinajstić information content (AvgIpc) is 2.84. The molecule has 6 heteroatoms. The van der Waals surface area contributed by atoms with Gasteiger partial charge in [-0.2, -0.15) is 0 Å². The molecule has 0 saturated carbocycles. The maximum absolute atomic E-state index is 13.7. The van der Waals surface area contributed by atoms with E-state index in [9.17, 15) is 9.18 Å². The standard InChI is InChI=1S/C27H15ClFN3O/c28-22-13-20(29)7-9-25(22)32-26(33)10-6-18-14-31-24-8-5-16(12-21(24)27(18)32)19-11-17-3-1-2-4-23(17)30-15-19/h1-15H. The van der Waals surface area contributed by atoms with Gasteiger partial charge >= 0.3 is 0 Å². The number of pyridine rings is 3. The second-order valence-corrected chi connectivity index (χ2v) is 8.22. The van der Waals surface area contributed by atoms with Crippen LogP contribution in [0, 0.1) is 5.82 Å². The lowest BCUT2D eigenvalue weighted by Crippen LogP contribution is -2.18. The molecule has 0 fully saturated rings. The van der Waals surface area contributed by atoms with Crippen molar-refractivity contribution in [3.8, 4) is 16.8 Å². The Hall–Kier alpha value is -4.09. The zero-order valence-corrected chi connectivity index (χ0v) is 17.9. The Bertz CT molecular complexity index is 1780. The van der Waals surface area contributed by atoms with Crippen LogP contribution in [0.5, 0.6) is 0 Å². The highest BCUT2D eigenvalue weighted by Crippen LogP contribution is 2.31. The molecule has 0 aliphatic heterocycles. The van der Waals surface area contributed by atoms with Gasteiger partial charge in [0.25, 0.3) is 5.56 Å². The minimum absolute atomic E-state index is 0.157. The maximum Gasteiger partial charge on any atom is 0.255 e. The van der Waals surface area contributed by atoms with Crippen LogP contribution in [-0.4, -0.2) is 14.5 Å². The third-order valence-corrected chi connectivity index (χ3v) is 6.09. The molecule has 0 spiro atoms. The van der Waals surface area contributed by atoms with Gasteiger partial charge in [0.15, 0.2) is 0 Å². The first-order valence-electron chi connectivity index (χ1n) is 10.3. The normalized spacial score (nSPS) is 11.5. The third-order valence-electron chi connectivity index (χ3n) is 5.79. The number of benzene rings is 3. The summed E-state index contributed by atoms with van der Waals surface area (Å²) in [6, 6.07) is 23.2. The van der Waals surface area contributed by atoms with E-state index in [-0.39, 0.29) is 10.6 Å². The number of halogens is 2. The minimum atomic E-state index is -0.463. The van der Waals surface area contributed by atoms with E-state index in [1.807, 2.05) is 48.7 Å². The van der Waals surface area contributed by atoms with Crippen molar-refractivity contribution in [3.05, 3.63) is 112 Å². The summed E-state index contributed by atoms with van der Waals surface area (Å²) in [5, 5.41) is 2.76. The molecule has 0 unspecified atom stereocenters. The van der Waals surface area contributed by atoms with Gasteiger partial charge in [0.1, 0.15) is 5.82 Å². The topological polar surface area (TPSA) is 47.8 Å². The number of nitrogens with zero attached hydrogens (tertiary/aromatic N) is 3. The van der Waals surface area contributed by atoms with Gasteiger partial charge in [-0.3, -0.25) is 19.3 Å². The van der Waals surface area contributed by atoms with Gasteiger partial charge in [0, 0.05) is 40.2 Å². The van der Waals surface area contributed by atoms with Gasteiger partial charge in [0.05, 0.1) is 27.3 Å². The molecule has 0 saturated heterocycles. The molecule has 0 aliphatic carbocycles. The summed E-state index contributed by atoms with van der Waals surface area (Å²) in [5.74, 6) is -0.463. The van der Waals surface area contributed by atoms with Gasteiger partial charge in [-0.25, -0.2) is 4.39 Å². The summed E-state index contributed by atoms with van der Waals surface area (Å²) in [6.07, 6.45) is 3.56.